The van der Waals surface area contributed by atoms with Gasteiger partial charge in [0.2, 0.25) is 0 Å². The number of hydrogen-bond donors (Lipinski definition) is 1. The molecule has 4 nitrogen and oxygen atoms in total. The van der Waals surface area contributed by atoms with Crippen LogP contribution in [0.15, 0.2) is 36.4 Å². The molecule has 0 bridgehead atoms. The zero-order valence-electron chi connectivity index (χ0n) is 15.0. The molecule has 136 valence electrons. The third kappa shape index (κ3) is 5.08. The van der Waals surface area contributed by atoms with Gasteiger partial charge in [-0.05, 0) is 26.0 Å². The molecule has 0 amide bonds. The van der Waals surface area contributed by atoms with E-state index in [2.05, 4.69) is 13.8 Å². The highest BCUT2D eigenvalue weighted by atomic mass is 35.5. The molecule has 0 aromatic heterocycles. The largest absolute Gasteiger partial charge is 0.491 e. The Morgan fingerprint density at radius 3 is 2.48 bits per heavy atom. The van der Waals surface area contributed by atoms with Crippen molar-refractivity contribution in [1.29, 1.82) is 0 Å². The molecule has 25 heavy (non-hydrogen) atoms. The predicted octanol–water partition coefficient (Wildman–Crippen LogP) is 2.58. The van der Waals surface area contributed by atoms with Crippen molar-refractivity contribution in [2.45, 2.75) is 26.1 Å². The molecule has 1 heterocycles. The second-order valence-electron chi connectivity index (χ2n) is 6.72. The molecule has 0 radical (unpaired) electrons. The lowest BCUT2D eigenvalue weighted by molar-refractivity contribution is -0.915. The topological polar surface area (TPSA) is 32.1 Å². The van der Waals surface area contributed by atoms with Crippen molar-refractivity contribution >= 4 is 22.4 Å². The van der Waals surface area contributed by atoms with E-state index in [0.29, 0.717) is 25.4 Å². The normalized spacial score (nSPS) is 23.7. The number of morpholine rings is 1. The molecule has 1 fully saturated rings. The van der Waals surface area contributed by atoms with Gasteiger partial charge in [-0.15, -0.1) is 0 Å². The highest BCUT2D eigenvalue weighted by Gasteiger charge is 2.24. The maximum absolute atomic E-state index is 6.23. The Bertz CT molecular complexity index is 684. The molecule has 0 spiro atoms. The predicted molar refractivity (Wildman–Crippen MR) is 101 cm³/mol. The summed E-state index contributed by atoms with van der Waals surface area (Å²) in [5.41, 5.74) is 0. The van der Waals surface area contributed by atoms with Gasteiger partial charge in [-0.25, -0.2) is 0 Å². The van der Waals surface area contributed by atoms with Crippen LogP contribution in [0, 0.1) is 0 Å². The monoisotopic (exact) mass is 364 g/mol. The summed E-state index contributed by atoms with van der Waals surface area (Å²) in [5.74, 6) is 0.852. The van der Waals surface area contributed by atoms with Crippen LogP contribution in [0.1, 0.15) is 13.8 Å². The fourth-order valence-corrected chi connectivity index (χ4v) is 3.71. The standard InChI is InChI=1S/C20H26ClNO3/c1-15-13-22(14-16(2)25-15)9-10-23-11-12-24-20-8-7-19(21)17-5-3-4-6-18(17)20/h3-8,15-16H,9-14H2,1-2H3/p+1/t15-,16-/m1/s1. The van der Waals surface area contributed by atoms with Gasteiger partial charge in [0.1, 0.15) is 44.2 Å². The first-order valence-corrected chi connectivity index (χ1v) is 9.38. The highest BCUT2D eigenvalue weighted by Crippen LogP contribution is 2.31. The molecular formula is C20H27ClNO3+. The number of rotatable bonds is 7. The van der Waals surface area contributed by atoms with E-state index in [1.807, 2.05) is 36.4 Å². The molecule has 1 aliphatic heterocycles. The number of nitrogens with one attached hydrogen (secondary N) is 1. The van der Waals surface area contributed by atoms with Gasteiger partial charge in [-0.1, -0.05) is 35.9 Å². The maximum Gasteiger partial charge on any atom is 0.127 e. The van der Waals surface area contributed by atoms with E-state index in [1.165, 1.54) is 0 Å². The first kappa shape index (κ1) is 18.5. The summed E-state index contributed by atoms with van der Waals surface area (Å²) in [5, 5.41) is 2.80. The van der Waals surface area contributed by atoms with E-state index in [9.17, 15) is 0 Å². The van der Waals surface area contributed by atoms with Gasteiger partial charge in [0.15, 0.2) is 0 Å². The van der Waals surface area contributed by atoms with Crippen LogP contribution in [0.5, 0.6) is 5.75 Å². The summed E-state index contributed by atoms with van der Waals surface area (Å²) in [6, 6.07) is 11.8. The van der Waals surface area contributed by atoms with Gasteiger partial charge in [-0.2, -0.15) is 0 Å². The lowest BCUT2D eigenvalue weighted by Crippen LogP contribution is -3.15. The zero-order chi connectivity index (χ0) is 17.6. The van der Waals surface area contributed by atoms with E-state index < -0.39 is 0 Å². The van der Waals surface area contributed by atoms with Crippen molar-refractivity contribution in [2.75, 3.05) is 39.5 Å². The summed E-state index contributed by atoms with van der Waals surface area (Å²) in [4.78, 5) is 1.55. The van der Waals surface area contributed by atoms with Crippen LogP contribution in [-0.2, 0) is 9.47 Å². The molecule has 2 aromatic rings. The maximum atomic E-state index is 6.23. The van der Waals surface area contributed by atoms with Crippen molar-refractivity contribution in [3.8, 4) is 5.75 Å². The third-order valence-corrected chi connectivity index (χ3v) is 4.86. The molecule has 0 unspecified atom stereocenters. The summed E-state index contributed by atoms with van der Waals surface area (Å²) in [6.45, 7) is 9.29. The average molecular weight is 365 g/mol. The van der Waals surface area contributed by atoms with Gasteiger partial charge >= 0.3 is 0 Å². The van der Waals surface area contributed by atoms with Crippen molar-refractivity contribution in [3.05, 3.63) is 41.4 Å². The van der Waals surface area contributed by atoms with Gasteiger partial charge in [0.05, 0.1) is 13.2 Å². The van der Waals surface area contributed by atoms with Gasteiger partial charge in [-0.3, -0.25) is 0 Å². The highest BCUT2D eigenvalue weighted by molar-refractivity contribution is 6.35. The lowest BCUT2D eigenvalue weighted by Gasteiger charge is -2.32. The van der Waals surface area contributed by atoms with Crippen LogP contribution in [0.25, 0.3) is 10.8 Å². The summed E-state index contributed by atoms with van der Waals surface area (Å²) < 4.78 is 17.4. The van der Waals surface area contributed by atoms with Crippen LogP contribution in [-0.4, -0.2) is 51.7 Å². The SMILES string of the molecule is C[C@@H]1C[NH+](CCOCCOc2ccc(Cl)c3ccccc23)C[C@@H](C)O1. The second-order valence-corrected chi connectivity index (χ2v) is 7.12. The van der Waals surface area contributed by atoms with Crippen molar-refractivity contribution in [2.24, 2.45) is 0 Å². The van der Waals surface area contributed by atoms with Crippen molar-refractivity contribution in [3.63, 3.8) is 0 Å². The third-order valence-electron chi connectivity index (χ3n) is 4.53. The summed E-state index contributed by atoms with van der Waals surface area (Å²) in [6.07, 6.45) is 0.667. The molecule has 1 saturated heterocycles. The molecule has 3 rings (SSSR count). The van der Waals surface area contributed by atoms with E-state index in [4.69, 9.17) is 25.8 Å². The van der Waals surface area contributed by atoms with E-state index in [1.54, 1.807) is 4.90 Å². The van der Waals surface area contributed by atoms with E-state index in [-0.39, 0.29) is 0 Å². The number of ether oxygens (including phenoxy) is 3. The van der Waals surface area contributed by atoms with E-state index >= 15 is 0 Å². The summed E-state index contributed by atoms with van der Waals surface area (Å²) in [7, 11) is 0. The second kappa shape index (κ2) is 8.86. The van der Waals surface area contributed by atoms with E-state index in [0.717, 1.165) is 47.8 Å². The number of benzene rings is 2. The van der Waals surface area contributed by atoms with Crippen molar-refractivity contribution in [1.82, 2.24) is 0 Å². The van der Waals surface area contributed by atoms with Crippen LogP contribution in [0.2, 0.25) is 5.02 Å². The molecule has 2 atom stereocenters. The van der Waals surface area contributed by atoms with Crippen LogP contribution in [0.4, 0.5) is 0 Å². The molecule has 0 aliphatic carbocycles. The Kier molecular flexibility index (Phi) is 6.54. The minimum Gasteiger partial charge on any atom is -0.491 e. The molecule has 1 N–H and O–H groups in total. The lowest BCUT2D eigenvalue weighted by atomic mass is 10.1. The minimum atomic E-state index is 0.334. The summed E-state index contributed by atoms with van der Waals surface area (Å²) >= 11 is 6.23. The van der Waals surface area contributed by atoms with Crippen LogP contribution < -0.4 is 9.64 Å². The number of quaternary nitrogens is 1. The Hall–Kier alpha value is -1.33. The zero-order valence-corrected chi connectivity index (χ0v) is 15.7. The first-order chi connectivity index (χ1) is 12.1. The van der Waals surface area contributed by atoms with Gasteiger partial charge < -0.3 is 19.1 Å². The molecular weight excluding hydrogens is 338 g/mol. The number of hydrogen-bond acceptors (Lipinski definition) is 3. The molecule has 5 heteroatoms. The minimum absolute atomic E-state index is 0.334. The first-order valence-electron chi connectivity index (χ1n) is 9.00. The molecule has 1 aliphatic rings. The molecule has 0 saturated carbocycles. The Morgan fingerprint density at radius 1 is 1.00 bits per heavy atom. The Balaban J connectivity index is 1.40. The van der Waals surface area contributed by atoms with Gasteiger partial charge in [0.25, 0.3) is 0 Å². The van der Waals surface area contributed by atoms with Crippen molar-refractivity contribution < 1.29 is 19.1 Å². The fourth-order valence-electron chi connectivity index (χ4n) is 3.48. The Labute approximate surface area is 154 Å². The van der Waals surface area contributed by atoms with Crippen LogP contribution in [0.3, 0.4) is 0 Å². The number of fused-ring (bicyclic) bond motifs is 1. The average Bonchev–Trinajstić information content (AvgIpc) is 2.59. The van der Waals surface area contributed by atoms with Gasteiger partial charge in [0, 0.05) is 15.8 Å². The fraction of sp³-hybridized carbons (Fsp3) is 0.500. The number of halogens is 1. The quantitative estimate of drug-likeness (QED) is 0.766. The smallest absolute Gasteiger partial charge is 0.127 e. The Morgan fingerprint density at radius 2 is 1.72 bits per heavy atom. The van der Waals surface area contributed by atoms with Crippen LogP contribution >= 0.6 is 11.6 Å². The molecule has 2 aromatic carbocycles.